The second kappa shape index (κ2) is 6.17. The second-order valence-electron chi connectivity index (χ2n) is 4.42. The quantitative estimate of drug-likeness (QED) is 0.824. The van der Waals surface area contributed by atoms with Crippen molar-refractivity contribution in [2.75, 3.05) is 13.6 Å². The summed E-state index contributed by atoms with van der Waals surface area (Å²) < 4.78 is 25.9. The first kappa shape index (κ1) is 14.7. The topological polar surface area (TPSA) is 86.3 Å². The third kappa shape index (κ3) is 3.24. The highest BCUT2D eigenvalue weighted by Gasteiger charge is 2.21. The van der Waals surface area contributed by atoms with E-state index < -0.39 is 10.0 Å². The van der Waals surface area contributed by atoms with Gasteiger partial charge in [-0.1, -0.05) is 6.07 Å². The first-order valence-corrected chi connectivity index (χ1v) is 7.62. The van der Waals surface area contributed by atoms with Gasteiger partial charge in [0.15, 0.2) is 0 Å². The lowest BCUT2D eigenvalue weighted by Crippen LogP contribution is -2.28. The molecule has 0 radical (unpaired) electrons. The summed E-state index contributed by atoms with van der Waals surface area (Å²) in [6.07, 6.45) is 3.62. The Bertz CT molecular complexity index is 653. The van der Waals surface area contributed by atoms with Gasteiger partial charge in [0.05, 0.1) is 11.5 Å². The van der Waals surface area contributed by atoms with Crippen LogP contribution in [-0.2, 0) is 23.1 Å². The van der Waals surface area contributed by atoms with Gasteiger partial charge in [-0.15, -0.1) is 0 Å². The molecular formula is C13H17N3O3S. The van der Waals surface area contributed by atoms with Crippen LogP contribution >= 0.6 is 0 Å². The number of nitrogens with one attached hydrogen (secondary N) is 1. The van der Waals surface area contributed by atoms with E-state index in [4.69, 9.17) is 5.11 Å². The highest BCUT2D eigenvalue weighted by atomic mass is 32.2. The normalized spacial score (nSPS) is 11.9. The molecule has 2 aromatic heterocycles. The van der Waals surface area contributed by atoms with Gasteiger partial charge in [-0.05, 0) is 18.2 Å². The molecule has 0 aliphatic rings. The highest BCUT2D eigenvalue weighted by Crippen LogP contribution is 2.15. The van der Waals surface area contributed by atoms with E-state index in [2.05, 4.69) is 9.97 Å². The van der Waals surface area contributed by atoms with Crippen molar-refractivity contribution in [3.05, 3.63) is 48.0 Å². The van der Waals surface area contributed by atoms with Gasteiger partial charge in [0.25, 0.3) is 0 Å². The van der Waals surface area contributed by atoms with E-state index in [1.165, 1.54) is 23.6 Å². The van der Waals surface area contributed by atoms with Crippen LogP contribution < -0.4 is 0 Å². The Labute approximate surface area is 118 Å². The van der Waals surface area contributed by atoms with Crippen molar-refractivity contribution in [2.45, 2.75) is 17.9 Å². The van der Waals surface area contributed by atoms with Gasteiger partial charge in [-0.2, -0.15) is 0 Å². The van der Waals surface area contributed by atoms with Crippen molar-refractivity contribution in [2.24, 2.45) is 0 Å². The molecule has 6 nitrogen and oxygen atoms in total. The number of likely N-dealkylation sites (N-methyl/N-ethyl adjacent to an activating group) is 1. The number of aliphatic hydroxyl groups excluding tert-OH is 1. The maximum atomic E-state index is 12.3. The van der Waals surface area contributed by atoms with Crippen LogP contribution in [0.4, 0.5) is 0 Å². The SMILES string of the molecule is CN(CCc1ccccn1)S(=O)(=O)c1c[nH]c(CO)c1. The minimum absolute atomic E-state index is 0.157. The van der Waals surface area contributed by atoms with Crippen LogP contribution in [0.3, 0.4) is 0 Å². The number of aliphatic hydroxyl groups is 1. The Morgan fingerprint density at radius 2 is 2.20 bits per heavy atom. The average Bonchev–Trinajstić information content (AvgIpc) is 2.95. The first-order valence-electron chi connectivity index (χ1n) is 6.18. The number of sulfonamides is 1. The fraction of sp³-hybridized carbons (Fsp3) is 0.308. The van der Waals surface area contributed by atoms with Crippen molar-refractivity contribution in [1.29, 1.82) is 0 Å². The fourth-order valence-corrected chi connectivity index (χ4v) is 2.97. The fourth-order valence-electron chi connectivity index (χ4n) is 1.78. The highest BCUT2D eigenvalue weighted by molar-refractivity contribution is 7.89. The monoisotopic (exact) mass is 295 g/mol. The molecule has 108 valence electrons. The Hall–Kier alpha value is -1.70. The lowest BCUT2D eigenvalue weighted by atomic mass is 10.3. The number of hydrogen-bond donors (Lipinski definition) is 2. The van der Waals surface area contributed by atoms with E-state index in [1.807, 2.05) is 18.2 Å². The van der Waals surface area contributed by atoms with Gasteiger partial charge in [0.1, 0.15) is 0 Å². The third-order valence-corrected chi connectivity index (χ3v) is 4.84. The average molecular weight is 295 g/mol. The van der Waals surface area contributed by atoms with Crippen LogP contribution in [0.25, 0.3) is 0 Å². The molecule has 7 heteroatoms. The zero-order valence-electron chi connectivity index (χ0n) is 11.2. The van der Waals surface area contributed by atoms with Gasteiger partial charge in [-0.25, -0.2) is 12.7 Å². The zero-order chi connectivity index (χ0) is 14.6. The Balaban J connectivity index is 2.05. The Kier molecular flexibility index (Phi) is 4.53. The second-order valence-corrected chi connectivity index (χ2v) is 6.46. The predicted molar refractivity (Wildman–Crippen MR) is 74.5 cm³/mol. The molecule has 0 amide bonds. The van der Waals surface area contributed by atoms with Crippen molar-refractivity contribution in [3.63, 3.8) is 0 Å². The molecular weight excluding hydrogens is 278 g/mol. The number of H-pyrrole nitrogens is 1. The standard InChI is InChI=1S/C13H17N3O3S/c1-16(7-5-11-4-2-3-6-14-11)20(18,19)13-8-12(10-17)15-9-13/h2-4,6,8-9,15,17H,5,7,10H2,1H3. The van der Waals surface area contributed by atoms with Crippen molar-refractivity contribution in [1.82, 2.24) is 14.3 Å². The van der Waals surface area contributed by atoms with Crippen LogP contribution in [0, 0.1) is 0 Å². The lowest BCUT2D eigenvalue weighted by Gasteiger charge is -2.15. The molecule has 0 aliphatic carbocycles. The Morgan fingerprint density at radius 1 is 1.40 bits per heavy atom. The van der Waals surface area contributed by atoms with Gasteiger partial charge in [0.2, 0.25) is 10.0 Å². The van der Waals surface area contributed by atoms with E-state index in [0.717, 1.165) is 5.69 Å². The van der Waals surface area contributed by atoms with Crippen molar-refractivity contribution in [3.8, 4) is 0 Å². The lowest BCUT2D eigenvalue weighted by molar-refractivity contribution is 0.277. The molecule has 0 aromatic carbocycles. The van der Waals surface area contributed by atoms with Gasteiger partial charge in [0, 0.05) is 43.8 Å². The van der Waals surface area contributed by atoms with E-state index in [-0.39, 0.29) is 11.5 Å². The molecule has 0 atom stereocenters. The van der Waals surface area contributed by atoms with Crippen LogP contribution in [0.5, 0.6) is 0 Å². The molecule has 20 heavy (non-hydrogen) atoms. The molecule has 0 fully saturated rings. The van der Waals surface area contributed by atoms with Gasteiger partial charge >= 0.3 is 0 Å². The molecule has 2 N–H and O–H groups in total. The maximum Gasteiger partial charge on any atom is 0.244 e. The summed E-state index contributed by atoms with van der Waals surface area (Å²) in [5.41, 5.74) is 1.32. The van der Waals surface area contributed by atoms with E-state index >= 15 is 0 Å². The molecule has 0 saturated carbocycles. The van der Waals surface area contributed by atoms with E-state index in [9.17, 15) is 8.42 Å². The maximum absolute atomic E-state index is 12.3. The van der Waals surface area contributed by atoms with E-state index in [0.29, 0.717) is 18.7 Å². The van der Waals surface area contributed by atoms with Crippen LogP contribution in [0.1, 0.15) is 11.4 Å². The number of nitrogens with zero attached hydrogens (tertiary/aromatic N) is 2. The molecule has 2 heterocycles. The van der Waals surface area contributed by atoms with Crippen LogP contribution in [0.15, 0.2) is 41.6 Å². The number of aromatic amines is 1. The minimum Gasteiger partial charge on any atom is -0.390 e. The number of aromatic nitrogens is 2. The van der Waals surface area contributed by atoms with Gasteiger partial charge in [-0.3, -0.25) is 4.98 Å². The molecule has 2 aromatic rings. The summed E-state index contributed by atoms with van der Waals surface area (Å²) in [5.74, 6) is 0. The summed E-state index contributed by atoms with van der Waals surface area (Å²) in [5, 5.41) is 8.96. The van der Waals surface area contributed by atoms with Gasteiger partial charge < -0.3 is 10.1 Å². The zero-order valence-corrected chi connectivity index (χ0v) is 12.0. The molecule has 0 saturated heterocycles. The van der Waals surface area contributed by atoms with E-state index in [1.54, 1.807) is 6.20 Å². The largest absolute Gasteiger partial charge is 0.390 e. The number of rotatable bonds is 6. The van der Waals surface area contributed by atoms with Crippen molar-refractivity contribution < 1.29 is 13.5 Å². The number of hydrogen-bond acceptors (Lipinski definition) is 4. The summed E-state index contributed by atoms with van der Waals surface area (Å²) in [7, 11) is -2.00. The third-order valence-electron chi connectivity index (χ3n) is 3.00. The molecule has 0 bridgehead atoms. The predicted octanol–water partition coefficient (Wildman–Crippen LogP) is 0.765. The Morgan fingerprint density at radius 3 is 2.80 bits per heavy atom. The summed E-state index contributed by atoms with van der Waals surface area (Å²) in [6.45, 7) is 0.131. The summed E-state index contributed by atoms with van der Waals surface area (Å²) in [4.78, 5) is 7.04. The smallest absolute Gasteiger partial charge is 0.244 e. The molecule has 0 spiro atoms. The minimum atomic E-state index is -3.54. The molecule has 0 unspecified atom stereocenters. The van der Waals surface area contributed by atoms with Crippen molar-refractivity contribution >= 4 is 10.0 Å². The van der Waals surface area contributed by atoms with Crippen LogP contribution in [0.2, 0.25) is 0 Å². The summed E-state index contributed by atoms with van der Waals surface area (Å²) >= 11 is 0. The number of pyridine rings is 1. The van der Waals surface area contributed by atoms with Crippen LogP contribution in [-0.4, -0.2) is 41.4 Å². The summed E-state index contributed by atoms with van der Waals surface area (Å²) in [6, 6.07) is 6.99. The first-order chi connectivity index (χ1) is 9.54. The molecule has 0 aliphatic heterocycles. The molecule has 2 rings (SSSR count).